The predicted octanol–water partition coefficient (Wildman–Crippen LogP) is 3.51. The second kappa shape index (κ2) is 10.8. The molecule has 0 aliphatic carbocycles. The summed E-state index contributed by atoms with van der Waals surface area (Å²) in [6.07, 6.45) is 0. The highest BCUT2D eigenvalue weighted by Gasteiger charge is 2.16. The molecule has 0 fully saturated rings. The number of rotatable bonds is 10. The van der Waals surface area contributed by atoms with Crippen LogP contribution in [0.15, 0.2) is 71.6 Å². The summed E-state index contributed by atoms with van der Waals surface area (Å²) in [5.74, 6) is 1.06. The van der Waals surface area contributed by atoms with E-state index in [9.17, 15) is 13.2 Å². The molecule has 33 heavy (non-hydrogen) atoms. The SMILES string of the molecule is COc1ccc(OC)c(NC(=O)COc2ccc(S(=O)(=O)NCc3ccccc3)cc2C)c1. The molecule has 9 heteroatoms. The lowest BCUT2D eigenvalue weighted by Crippen LogP contribution is -2.23. The summed E-state index contributed by atoms with van der Waals surface area (Å²) in [7, 11) is -0.665. The standard InChI is InChI=1S/C24H26N2O6S/c1-17-13-20(33(28,29)25-15-18-7-5-4-6-8-18)10-12-22(17)32-16-24(27)26-21-14-19(30-2)9-11-23(21)31-3/h4-14,25H,15-16H2,1-3H3,(H,26,27). The molecule has 0 spiro atoms. The average molecular weight is 471 g/mol. The van der Waals surface area contributed by atoms with Crippen LogP contribution in [0.5, 0.6) is 17.2 Å². The molecule has 0 unspecified atom stereocenters. The van der Waals surface area contributed by atoms with Gasteiger partial charge >= 0.3 is 0 Å². The number of carbonyl (C=O) groups excluding carboxylic acids is 1. The van der Waals surface area contributed by atoms with Gasteiger partial charge in [0, 0.05) is 12.6 Å². The fourth-order valence-electron chi connectivity index (χ4n) is 3.05. The molecule has 0 aromatic heterocycles. The molecule has 0 bridgehead atoms. The Labute approximate surface area is 193 Å². The maximum atomic E-state index is 12.6. The predicted molar refractivity (Wildman–Crippen MR) is 125 cm³/mol. The fraction of sp³-hybridized carbons (Fsp3) is 0.208. The molecule has 3 aromatic carbocycles. The minimum absolute atomic E-state index is 0.119. The number of hydrogen-bond donors (Lipinski definition) is 2. The fourth-order valence-corrected chi connectivity index (χ4v) is 4.15. The second-order valence-electron chi connectivity index (χ2n) is 7.14. The lowest BCUT2D eigenvalue weighted by molar-refractivity contribution is -0.118. The number of carbonyl (C=O) groups is 1. The number of nitrogens with one attached hydrogen (secondary N) is 2. The van der Waals surface area contributed by atoms with Crippen molar-refractivity contribution in [3.63, 3.8) is 0 Å². The summed E-state index contributed by atoms with van der Waals surface area (Å²) in [6, 6.07) is 18.8. The summed E-state index contributed by atoms with van der Waals surface area (Å²) >= 11 is 0. The number of ether oxygens (including phenoxy) is 3. The average Bonchev–Trinajstić information content (AvgIpc) is 2.82. The van der Waals surface area contributed by atoms with Gasteiger partial charge < -0.3 is 19.5 Å². The van der Waals surface area contributed by atoms with Crippen LogP contribution >= 0.6 is 0 Å². The van der Waals surface area contributed by atoms with Crippen molar-refractivity contribution in [3.8, 4) is 17.2 Å². The molecule has 0 aliphatic rings. The van der Waals surface area contributed by atoms with Crippen LogP contribution in [0.1, 0.15) is 11.1 Å². The Balaban J connectivity index is 1.62. The van der Waals surface area contributed by atoms with Crippen LogP contribution in [0, 0.1) is 6.92 Å². The van der Waals surface area contributed by atoms with Crippen molar-refractivity contribution in [2.75, 3.05) is 26.1 Å². The molecule has 3 aromatic rings. The molecule has 0 atom stereocenters. The van der Waals surface area contributed by atoms with Crippen molar-refractivity contribution >= 4 is 21.6 Å². The molecule has 0 radical (unpaired) electrons. The molecule has 2 N–H and O–H groups in total. The maximum Gasteiger partial charge on any atom is 0.262 e. The summed E-state index contributed by atoms with van der Waals surface area (Å²) in [6.45, 7) is 1.64. The van der Waals surface area contributed by atoms with Gasteiger partial charge in [-0.1, -0.05) is 30.3 Å². The topological polar surface area (TPSA) is 103 Å². The minimum atomic E-state index is -3.69. The van der Waals surface area contributed by atoms with Gasteiger partial charge in [-0.25, -0.2) is 13.1 Å². The van der Waals surface area contributed by atoms with Gasteiger partial charge in [-0.15, -0.1) is 0 Å². The first-order valence-electron chi connectivity index (χ1n) is 10.1. The number of hydrogen-bond acceptors (Lipinski definition) is 6. The lowest BCUT2D eigenvalue weighted by atomic mass is 10.2. The number of benzene rings is 3. The molecule has 3 rings (SSSR count). The number of anilines is 1. The highest BCUT2D eigenvalue weighted by Crippen LogP contribution is 2.29. The van der Waals surface area contributed by atoms with E-state index < -0.39 is 15.9 Å². The number of aryl methyl sites for hydroxylation is 1. The zero-order chi connectivity index (χ0) is 23.8. The molecule has 8 nitrogen and oxygen atoms in total. The van der Waals surface area contributed by atoms with Crippen LogP contribution < -0.4 is 24.2 Å². The monoisotopic (exact) mass is 470 g/mol. The molecule has 0 aliphatic heterocycles. The highest BCUT2D eigenvalue weighted by molar-refractivity contribution is 7.89. The van der Waals surface area contributed by atoms with Crippen molar-refractivity contribution in [2.24, 2.45) is 0 Å². The van der Waals surface area contributed by atoms with E-state index in [1.54, 1.807) is 25.1 Å². The lowest BCUT2D eigenvalue weighted by Gasteiger charge is -2.14. The molecule has 0 heterocycles. The molecule has 174 valence electrons. The van der Waals surface area contributed by atoms with Crippen LogP contribution in [0.25, 0.3) is 0 Å². The number of amides is 1. The van der Waals surface area contributed by atoms with E-state index >= 15 is 0 Å². The van der Waals surface area contributed by atoms with Crippen molar-refractivity contribution in [3.05, 3.63) is 77.9 Å². The van der Waals surface area contributed by atoms with Gasteiger partial charge in [0.05, 0.1) is 24.8 Å². The molecule has 0 saturated carbocycles. The Bertz CT molecular complexity index is 1210. The number of methoxy groups -OCH3 is 2. The molecule has 1 amide bonds. The second-order valence-corrected chi connectivity index (χ2v) is 8.91. The maximum absolute atomic E-state index is 12.6. The van der Waals surface area contributed by atoms with Gasteiger partial charge in [0.1, 0.15) is 17.2 Å². The van der Waals surface area contributed by atoms with E-state index in [4.69, 9.17) is 14.2 Å². The van der Waals surface area contributed by atoms with Crippen molar-refractivity contribution < 1.29 is 27.4 Å². The largest absolute Gasteiger partial charge is 0.497 e. The van der Waals surface area contributed by atoms with Crippen LogP contribution in [-0.2, 0) is 21.4 Å². The minimum Gasteiger partial charge on any atom is -0.497 e. The van der Waals surface area contributed by atoms with Crippen LogP contribution in [0.2, 0.25) is 0 Å². The summed E-state index contributed by atoms with van der Waals surface area (Å²) < 4.78 is 43.8. The molecular weight excluding hydrogens is 444 g/mol. The van der Waals surface area contributed by atoms with E-state index in [0.29, 0.717) is 28.5 Å². The molecular formula is C24H26N2O6S. The Morgan fingerprint density at radius 3 is 2.30 bits per heavy atom. The van der Waals surface area contributed by atoms with Gasteiger partial charge in [-0.05, 0) is 48.4 Å². The van der Waals surface area contributed by atoms with Crippen molar-refractivity contribution in [2.45, 2.75) is 18.4 Å². The van der Waals surface area contributed by atoms with E-state index in [1.165, 1.54) is 32.4 Å². The Hall–Kier alpha value is -3.56. The van der Waals surface area contributed by atoms with Crippen molar-refractivity contribution in [1.29, 1.82) is 0 Å². The Morgan fingerprint density at radius 1 is 0.909 bits per heavy atom. The highest BCUT2D eigenvalue weighted by atomic mass is 32.2. The van der Waals surface area contributed by atoms with Crippen LogP contribution in [0.3, 0.4) is 0 Å². The summed E-state index contributed by atoms with van der Waals surface area (Å²) in [5.41, 5.74) is 1.90. The first-order valence-corrected chi connectivity index (χ1v) is 11.6. The van der Waals surface area contributed by atoms with E-state index in [0.717, 1.165) is 5.56 Å². The summed E-state index contributed by atoms with van der Waals surface area (Å²) in [4.78, 5) is 12.5. The van der Waals surface area contributed by atoms with E-state index in [-0.39, 0.29) is 18.0 Å². The summed E-state index contributed by atoms with van der Waals surface area (Å²) in [5, 5.41) is 2.72. The third-order valence-corrected chi connectivity index (χ3v) is 6.20. The van der Waals surface area contributed by atoms with Gasteiger partial charge in [0.15, 0.2) is 6.61 Å². The third-order valence-electron chi connectivity index (χ3n) is 4.81. The van der Waals surface area contributed by atoms with Crippen molar-refractivity contribution in [1.82, 2.24) is 4.72 Å². The van der Waals surface area contributed by atoms with Gasteiger partial charge in [-0.3, -0.25) is 4.79 Å². The quantitative estimate of drug-likeness (QED) is 0.470. The van der Waals surface area contributed by atoms with E-state index in [1.807, 2.05) is 30.3 Å². The Morgan fingerprint density at radius 2 is 1.64 bits per heavy atom. The normalized spacial score (nSPS) is 11.0. The first-order chi connectivity index (χ1) is 15.8. The number of sulfonamides is 1. The molecule has 0 saturated heterocycles. The van der Waals surface area contributed by atoms with Gasteiger partial charge in [0.2, 0.25) is 10.0 Å². The van der Waals surface area contributed by atoms with E-state index in [2.05, 4.69) is 10.0 Å². The first kappa shape index (κ1) is 24.1. The zero-order valence-electron chi connectivity index (χ0n) is 18.6. The van der Waals surface area contributed by atoms with Crippen LogP contribution in [0.4, 0.5) is 5.69 Å². The third kappa shape index (κ3) is 6.47. The van der Waals surface area contributed by atoms with Gasteiger partial charge in [-0.2, -0.15) is 0 Å². The smallest absolute Gasteiger partial charge is 0.262 e. The van der Waals surface area contributed by atoms with Gasteiger partial charge in [0.25, 0.3) is 5.91 Å². The Kier molecular flexibility index (Phi) is 7.92. The van der Waals surface area contributed by atoms with Crippen LogP contribution in [-0.4, -0.2) is 35.2 Å². The zero-order valence-corrected chi connectivity index (χ0v) is 19.4.